The minimum atomic E-state index is -3.70. The van der Waals surface area contributed by atoms with Crippen LogP contribution in [0.5, 0.6) is 0 Å². The molecule has 242 valence electrons. The van der Waals surface area contributed by atoms with Crippen molar-refractivity contribution < 1.29 is 31.2 Å². The van der Waals surface area contributed by atoms with E-state index in [1.807, 2.05) is 6.92 Å². The van der Waals surface area contributed by atoms with Gasteiger partial charge in [0.15, 0.2) is 0 Å². The molecule has 2 heterocycles. The summed E-state index contributed by atoms with van der Waals surface area (Å²) in [6, 6.07) is 14.8. The zero-order valence-electron chi connectivity index (χ0n) is 26.0. The number of furan rings is 1. The van der Waals surface area contributed by atoms with Crippen LogP contribution in [0.25, 0.3) is 22.3 Å². The lowest BCUT2D eigenvalue weighted by atomic mass is 9.73. The van der Waals surface area contributed by atoms with Gasteiger partial charge >= 0.3 is 0 Å². The Bertz CT molecular complexity index is 1910. The standard InChI is InChI=1S/C34H36F2N4O5S/c1-19(20-5-10-23(35)11-6-20)40-18-38-28-14-9-22(15-26(28)34(40)42)25-16-27-30(17-29(25)39(3)46(4,43)44)45-32(31(27)33(41)37-2)21-7-12-24(36)13-8-21/h5-8,10-13,16-17,19,22,26,28,38H,9,14-15,18H2,1-4H3,(H,37,41)/t19-,22?,26?,28?/m1/s1. The first-order valence-corrected chi connectivity index (χ1v) is 17.0. The van der Waals surface area contributed by atoms with Gasteiger partial charge in [-0.3, -0.25) is 19.2 Å². The fourth-order valence-electron chi connectivity index (χ4n) is 6.81. The Morgan fingerprint density at radius 3 is 2.35 bits per heavy atom. The third-order valence-corrected chi connectivity index (χ3v) is 10.7. The molecule has 1 aromatic heterocycles. The van der Waals surface area contributed by atoms with Gasteiger partial charge in [-0.2, -0.15) is 0 Å². The number of benzene rings is 3. The van der Waals surface area contributed by atoms with Gasteiger partial charge in [0, 0.05) is 37.2 Å². The molecule has 4 aromatic rings. The van der Waals surface area contributed by atoms with E-state index in [-0.39, 0.29) is 47.0 Å². The normalized spacial score (nSPS) is 20.8. The number of hydrogen-bond donors (Lipinski definition) is 2. The first-order chi connectivity index (χ1) is 21.9. The zero-order chi connectivity index (χ0) is 32.9. The molecule has 1 aliphatic carbocycles. The number of nitrogens with one attached hydrogen (secondary N) is 2. The maximum absolute atomic E-state index is 14.0. The molecule has 9 nitrogen and oxygen atoms in total. The Kier molecular flexibility index (Phi) is 8.36. The van der Waals surface area contributed by atoms with Crippen molar-refractivity contribution in [3.8, 4) is 11.3 Å². The molecule has 12 heteroatoms. The highest BCUT2D eigenvalue weighted by Crippen LogP contribution is 2.46. The van der Waals surface area contributed by atoms with Crippen molar-refractivity contribution >= 4 is 38.5 Å². The highest BCUT2D eigenvalue weighted by Gasteiger charge is 2.43. The monoisotopic (exact) mass is 650 g/mol. The maximum atomic E-state index is 14.0. The van der Waals surface area contributed by atoms with Crippen LogP contribution in [0.15, 0.2) is 65.1 Å². The van der Waals surface area contributed by atoms with E-state index in [2.05, 4.69) is 10.6 Å². The van der Waals surface area contributed by atoms with E-state index in [0.29, 0.717) is 53.7 Å². The second-order valence-electron chi connectivity index (χ2n) is 12.2. The fraction of sp³-hybridized carbons (Fsp3) is 0.353. The van der Waals surface area contributed by atoms with Gasteiger partial charge in [0.2, 0.25) is 15.9 Å². The molecule has 2 amide bonds. The van der Waals surface area contributed by atoms with E-state index in [1.165, 1.54) is 54.8 Å². The summed E-state index contributed by atoms with van der Waals surface area (Å²) in [6.07, 6.45) is 2.94. The molecular weight excluding hydrogens is 614 g/mol. The van der Waals surface area contributed by atoms with Gasteiger partial charge in [-0.25, -0.2) is 17.2 Å². The highest BCUT2D eigenvalue weighted by molar-refractivity contribution is 7.92. The van der Waals surface area contributed by atoms with Crippen LogP contribution in [0, 0.1) is 17.6 Å². The van der Waals surface area contributed by atoms with Crippen molar-refractivity contribution in [3.63, 3.8) is 0 Å². The van der Waals surface area contributed by atoms with Gasteiger partial charge in [-0.15, -0.1) is 0 Å². The molecule has 1 saturated carbocycles. The molecule has 0 spiro atoms. The molecule has 46 heavy (non-hydrogen) atoms. The lowest BCUT2D eigenvalue weighted by Crippen LogP contribution is -2.58. The summed E-state index contributed by atoms with van der Waals surface area (Å²) in [6.45, 7) is 2.28. The summed E-state index contributed by atoms with van der Waals surface area (Å²) < 4.78 is 60.4. The second kappa shape index (κ2) is 12.1. The minimum Gasteiger partial charge on any atom is -0.455 e. The maximum Gasteiger partial charge on any atom is 0.255 e. The van der Waals surface area contributed by atoms with E-state index in [0.717, 1.165) is 11.8 Å². The molecular formula is C34H36F2N4O5S. The van der Waals surface area contributed by atoms with Gasteiger partial charge in [-0.1, -0.05) is 12.1 Å². The van der Waals surface area contributed by atoms with Gasteiger partial charge in [-0.05, 0) is 85.7 Å². The van der Waals surface area contributed by atoms with Crippen LogP contribution in [0.4, 0.5) is 14.5 Å². The number of halogens is 2. The van der Waals surface area contributed by atoms with Crippen molar-refractivity contribution in [2.24, 2.45) is 5.92 Å². The predicted octanol–water partition coefficient (Wildman–Crippen LogP) is 5.54. The third kappa shape index (κ3) is 5.75. The van der Waals surface area contributed by atoms with Crippen LogP contribution in [0.2, 0.25) is 0 Å². The molecule has 1 aliphatic heterocycles. The topological polar surface area (TPSA) is 112 Å². The largest absolute Gasteiger partial charge is 0.455 e. The number of rotatable bonds is 7. The van der Waals surface area contributed by atoms with Gasteiger partial charge in [0.1, 0.15) is 23.0 Å². The Hall–Kier alpha value is -4.29. The second-order valence-corrected chi connectivity index (χ2v) is 14.2. The van der Waals surface area contributed by atoms with E-state index in [4.69, 9.17) is 4.42 Å². The van der Waals surface area contributed by atoms with Gasteiger partial charge in [0.25, 0.3) is 5.91 Å². The Balaban J connectivity index is 1.42. The third-order valence-electron chi connectivity index (χ3n) is 9.47. The van der Waals surface area contributed by atoms with E-state index in [1.54, 1.807) is 29.2 Å². The van der Waals surface area contributed by atoms with Gasteiger partial charge in [0.05, 0.1) is 36.1 Å². The molecule has 2 N–H and O–H groups in total. The summed E-state index contributed by atoms with van der Waals surface area (Å²) in [4.78, 5) is 29.0. The number of amides is 2. The molecule has 0 radical (unpaired) electrons. The molecule has 4 atom stereocenters. The number of fused-ring (bicyclic) bond motifs is 2. The summed E-state index contributed by atoms with van der Waals surface area (Å²) in [5.74, 6) is -1.55. The van der Waals surface area contributed by atoms with Crippen LogP contribution in [0.1, 0.15) is 59.6 Å². The number of carbonyl (C=O) groups is 2. The summed E-state index contributed by atoms with van der Waals surface area (Å²) in [7, 11) is -0.728. The summed E-state index contributed by atoms with van der Waals surface area (Å²) >= 11 is 0. The molecule has 2 aliphatic rings. The molecule has 6 rings (SSSR count). The average molecular weight is 651 g/mol. The van der Waals surface area contributed by atoms with Crippen molar-refractivity contribution in [1.82, 2.24) is 15.5 Å². The van der Waals surface area contributed by atoms with E-state index >= 15 is 0 Å². The first-order valence-electron chi connectivity index (χ1n) is 15.2. The minimum absolute atomic E-state index is 0.0164. The summed E-state index contributed by atoms with van der Waals surface area (Å²) in [5, 5.41) is 6.66. The molecule has 3 aromatic carbocycles. The highest BCUT2D eigenvalue weighted by atomic mass is 32.2. The number of carbonyl (C=O) groups excluding carboxylic acids is 2. The van der Waals surface area contributed by atoms with Crippen LogP contribution in [-0.2, 0) is 14.8 Å². The van der Waals surface area contributed by atoms with E-state index in [9.17, 15) is 26.8 Å². The SMILES string of the molecule is CNC(=O)c1c(-c2ccc(F)cc2)oc2cc(N(C)S(C)(=O)=O)c(C3CCC4NCN([C@H](C)c5ccc(F)cc5)C(=O)C4C3)cc12. The van der Waals surface area contributed by atoms with Crippen molar-refractivity contribution in [2.75, 3.05) is 31.3 Å². The first kappa shape index (κ1) is 31.7. The average Bonchev–Trinajstić information content (AvgIpc) is 3.42. The van der Waals surface area contributed by atoms with Crippen LogP contribution in [-0.4, -0.2) is 58.2 Å². The van der Waals surface area contributed by atoms with Crippen molar-refractivity contribution in [1.29, 1.82) is 0 Å². The van der Waals surface area contributed by atoms with Crippen molar-refractivity contribution in [2.45, 2.75) is 44.2 Å². The molecule has 1 saturated heterocycles. The molecule has 0 bridgehead atoms. The number of hydrogen-bond acceptors (Lipinski definition) is 6. The number of anilines is 1. The Morgan fingerprint density at radius 1 is 1.07 bits per heavy atom. The van der Waals surface area contributed by atoms with Crippen molar-refractivity contribution in [3.05, 3.63) is 89.0 Å². The quantitative estimate of drug-likeness (QED) is 0.272. The molecule has 2 fully saturated rings. The lowest BCUT2D eigenvalue weighted by molar-refractivity contribution is -0.145. The van der Waals surface area contributed by atoms with Crippen LogP contribution < -0.4 is 14.9 Å². The predicted molar refractivity (Wildman–Crippen MR) is 172 cm³/mol. The Morgan fingerprint density at radius 2 is 1.72 bits per heavy atom. The van der Waals surface area contributed by atoms with Crippen LogP contribution >= 0.6 is 0 Å². The lowest BCUT2D eigenvalue weighted by Gasteiger charge is -2.45. The number of nitrogens with zero attached hydrogens (tertiary/aromatic N) is 2. The fourth-order valence-corrected chi connectivity index (χ4v) is 7.32. The molecule has 3 unspecified atom stereocenters. The number of sulfonamides is 1. The van der Waals surface area contributed by atoms with Crippen LogP contribution in [0.3, 0.4) is 0 Å². The smallest absolute Gasteiger partial charge is 0.255 e. The Labute approximate surface area is 266 Å². The summed E-state index contributed by atoms with van der Waals surface area (Å²) in [5.41, 5.74) is 2.95. The van der Waals surface area contributed by atoms with E-state index < -0.39 is 21.7 Å². The van der Waals surface area contributed by atoms with Gasteiger partial charge < -0.3 is 14.6 Å². The zero-order valence-corrected chi connectivity index (χ0v) is 26.8.